The second-order valence-corrected chi connectivity index (χ2v) is 15.9. The van der Waals surface area contributed by atoms with E-state index in [4.69, 9.17) is 8.85 Å². The standard InChI is InChI=1S/C20H18O7Si2/c1-28(2,11-8-9-12-14(10-11)19(23)25-17(12)21)27-29(3,4)15-7-5-6-13-16(15)20(24)26-18(13)22/h5-10H,1-4H3. The molecule has 0 amide bonds. The maximum absolute atomic E-state index is 12.2. The fraction of sp³-hybridized carbons (Fsp3) is 0.200. The summed E-state index contributed by atoms with van der Waals surface area (Å²) in [4.78, 5) is 47.7. The molecular formula is C20H18O7Si2. The zero-order chi connectivity index (χ0) is 21.1. The summed E-state index contributed by atoms with van der Waals surface area (Å²) in [5.41, 5.74) is 1.03. The van der Waals surface area contributed by atoms with Gasteiger partial charge in [0.1, 0.15) is 0 Å². The number of ether oxygens (including phenoxy) is 2. The number of rotatable bonds is 4. The maximum Gasteiger partial charge on any atom is 0.346 e. The van der Waals surface area contributed by atoms with Crippen LogP contribution in [0.4, 0.5) is 0 Å². The van der Waals surface area contributed by atoms with E-state index < -0.39 is 40.5 Å². The van der Waals surface area contributed by atoms with E-state index in [2.05, 4.69) is 4.74 Å². The Labute approximate surface area is 168 Å². The van der Waals surface area contributed by atoms with Crippen LogP contribution in [-0.2, 0) is 13.6 Å². The molecule has 0 radical (unpaired) electrons. The van der Waals surface area contributed by atoms with Crippen LogP contribution in [0.25, 0.3) is 0 Å². The van der Waals surface area contributed by atoms with Crippen molar-refractivity contribution in [1.29, 1.82) is 0 Å². The molecule has 2 aliphatic heterocycles. The Balaban J connectivity index is 1.71. The second kappa shape index (κ2) is 6.31. The lowest BCUT2D eigenvalue weighted by atomic mass is 10.1. The summed E-state index contributed by atoms with van der Waals surface area (Å²) in [7, 11) is -5.21. The molecule has 0 unspecified atom stereocenters. The third kappa shape index (κ3) is 3.07. The first-order valence-corrected chi connectivity index (χ1v) is 14.8. The van der Waals surface area contributed by atoms with E-state index in [0.29, 0.717) is 5.19 Å². The molecule has 0 atom stereocenters. The van der Waals surface area contributed by atoms with Crippen LogP contribution in [0, 0.1) is 0 Å². The van der Waals surface area contributed by atoms with Gasteiger partial charge < -0.3 is 13.6 Å². The van der Waals surface area contributed by atoms with E-state index in [1.54, 1.807) is 36.4 Å². The first kappa shape index (κ1) is 19.4. The molecule has 29 heavy (non-hydrogen) atoms. The lowest BCUT2D eigenvalue weighted by Crippen LogP contribution is -2.58. The van der Waals surface area contributed by atoms with Gasteiger partial charge in [-0.15, -0.1) is 0 Å². The Kier molecular flexibility index (Phi) is 4.23. The molecule has 0 aromatic heterocycles. The summed E-state index contributed by atoms with van der Waals surface area (Å²) in [6.07, 6.45) is 0. The van der Waals surface area contributed by atoms with E-state index in [9.17, 15) is 19.2 Å². The molecular weight excluding hydrogens is 408 g/mol. The zero-order valence-electron chi connectivity index (χ0n) is 16.3. The fourth-order valence-electron chi connectivity index (χ4n) is 3.85. The van der Waals surface area contributed by atoms with Gasteiger partial charge in [0, 0.05) is 0 Å². The van der Waals surface area contributed by atoms with E-state index in [1.165, 1.54) is 0 Å². The van der Waals surface area contributed by atoms with Gasteiger partial charge in [-0.25, -0.2) is 19.2 Å². The first-order chi connectivity index (χ1) is 13.5. The van der Waals surface area contributed by atoms with E-state index in [1.807, 2.05) is 26.2 Å². The normalized spacial score (nSPS) is 15.9. The number of fused-ring (bicyclic) bond motifs is 2. The van der Waals surface area contributed by atoms with Gasteiger partial charge in [0.2, 0.25) is 16.6 Å². The molecule has 7 nitrogen and oxygen atoms in total. The smallest absolute Gasteiger partial charge is 0.346 e. The molecule has 0 aliphatic carbocycles. The molecule has 9 heteroatoms. The average Bonchev–Trinajstić information content (AvgIpc) is 3.10. The number of carbonyl (C=O) groups excluding carboxylic acids is 4. The van der Waals surface area contributed by atoms with Crippen LogP contribution in [-0.4, -0.2) is 40.5 Å². The van der Waals surface area contributed by atoms with Crippen LogP contribution in [0.3, 0.4) is 0 Å². The Morgan fingerprint density at radius 3 is 2.03 bits per heavy atom. The van der Waals surface area contributed by atoms with E-state index >= 15 is 0 Å². The van der Waals surface area contributed by atoms with E-state index in [0.717, 1.165) is 5.19 Å². The van der Waals surface area contributed by atoms with Crippen LogP contribution in [0.2, 0.25) is 26.2 Å². The maximum atomic E-state index is 12.2. The summed E-state index contributed by atoms with van der Waals surface area (Å²) in [5.74, 6) is -2.59. The Bertz CT molecular complexity index is 1120. The lowest BCUT2D eigenvalue weighted by Gasteiger charge is -2.35. The summed E-state index contributed by atoms with van der Waals surface area (Å²) in [6.45, 7) is 7.88. The lowest BCUT2D eigenvalue weighted by molar-refractivity contribution is 0.0426. The molecule has 0 fully saturated rings. The monoisotopic (exact) mass is 426 g/mol. The van der Waals surface area contributed by atoms with Crippen molar-refractivity contribution in [2.75, 3.05) is 0 Å². The number of cyclic esters (lactones) is 4. The highest BCUT2D eigenvalue weighted by Crippen LogP contribution is 2.25. The third-order valence-corrected chi connectivity index (χ3v) is 12.7. The van der Waals surface area contributed by atoms with Crippen molar-refractivity contribution in [3.8, 4) is 0 Å². The van der Waals surface area contributed by atoms with Gasteiger partial charge in [-0.1, -0.05) is 18.2 Å². The summed E-state index contributed by atoms with van der Waals surface area (Å²) in [6, 6.07) is 10.1. The minimum absolute atomic E-state index is 0.242. The van der Waals surface area contributed by atoms with Crippen LogP contribution in [0.5, 0.6) is 0 Å². The second-order valence-electron chi connectivity index (χ2n) is 7.97. The van der Waals surface area contributed by atoms with Gasteiger partial charge in [-0.2, -0.15) is 0 Å². The Morgan fingerprint density at radius 2 is 1.31 bits per heavy atom. The van der Waals surface area contributed by atoms with Crippen molar-refractivity contribution >= 4 is 50.9 Å². The molecule has 0 saturated heterocycles. The van der Waals surface area contributed by atoms with Crippen LogP contribution in [0.1, 0.15) is 41.4 Å². The summed E-state index contributed by atoms with van der Waals surface area (Å²) >= 11 is 0. The van der Waals surface area contributed by atoms with Crippen molar-refractivity contribution < 1.29 is 32.8 Å². The van der Waals surface area contributed by atoms with E-state index in [-0.39, 0.29) is 22.3 Å². The zero-order valence-corrected chi connectivity index (χ0v) is 18.3. The van der Waals surface area contributed by atoms with Gasteiger partial charge in [-0.3, -0.25) is 0 Å². The highest BCUT2D eigenvalue weighted by Gasteiger charge is 2.43. The molecule has 0 N–H and O–H groups in total. The highest BCUT2D eigenvalue weighted by molar-refractivity contribution is 6.97. The Morgan fingerprint density at radius 1 is 0.690 bits per heavy atom. The quantitative estimate of drug-likeness (QED) is 0.418. The predicted octanol–water partition coefficient (Wildman–Crippen LogP) is 1.85. The van der Waals surface area contributed by atoms with Crippen molar-refractivity contribution in [3.05, 3.63) is 58.7 Å². The minimum atomic E-state index is -2.66. The summed E-state index contributed by atoms with van der Waals surface area (Å²) in [5, 5.41) is 1.52. The number of benzene rings is 2. The largest absolute Gasteiger partial charge is 0.449 e. The molecule has 0 bridgehead atoms. The predicted molar refractivity (Wildman–Crippen MR) is 108 cm³/mol. The molecule has 2 aromatic carbocycles. The molecule has 148 valence electrons. The van der Waals surface area contributed by atoms with Gasteiger partial charge in [0.05, 0.1) is 22.3 Å². The fourth-order valence-corrected chi connectivity index (χ4v) is 12.2. The molecule has 0 spiro atoms. The topological polar surface area (TPSA) is 96.0 Å². The molecule has 2 aromatic rings. The number of esters is 4. The minimum Gasteiger partial charge on any atom is -0.449 e. The van der Waals surface area contributed by atoms with Gasteiger partial charge >= 0.3 is 23.9 Å². The van der Waals surface area contributed by atoms with Gasteiger partial charge in [0.15, 0.2) is 0 Å². The number of hydrogen-bond acceptors (Lipinski definition) is 7. The molecule has 0 saturated carbocycles. The van der Waals surface area contributed by atoms with Crippen molar-refractivity contribution in [1.82, 2.24) is 0 Å². The van der Waals surface area contributed by atoms with Crippen LogP contribution < -0.4 is 10.4 Å². The molecule has 2 heterocycles. The van der Waals surface area contributed by atoms with Crippen LogP contribution >= 0.6 is 0 Å². The molecule has 2 aliphatic rings. The first-order valence-electron chi connectivity index (χ1n) is 9.02. The Hall–Kier alpha value is -2.89. The van der Waals surface area contributed by atoms with Gasteiger partial charge in [0.25, 0.3) is 0 Å². The van der Waals surface area contributed by atoms with Crippen LogP contribution in [0.15, 0.2) is 36.4 Å². The van der Waals surface area contributed by atoms with Crippen molar-refractivity contribution in [3.63, 3.8) is 0 Å². The molecule has 4 rings (SSSR count). The highest BCUT2D eigenvalue weighted by atomic mass is 28.4. The number of carbonyl (C=O) groups is 4. The average molecular weight is 427 g/mol. The third-order valence-electron chi connectivity index (χ3n) is 5.17. The summed E-state index contributed by atoms with van der Waals surface area (Å²) < 4.78 is 16.1. The number of hydrogen-bond donors (Lipinski definition) is 0. The SMILES string of the molecule is C[Si](C)(O[Si](C)(C)c1cccc2c1C(=O)OC2=O)c1ccc2c(c1)C(=O)OC2=O. The van der Waals surface area contributed by atoms with Gasteiger partial charge in [-0.05, 0) is 54.8 Å². The van der Waals surface area contributed by atoms with Crippen molar-refractivity contribution in [2.45, 2.75) is 26.2 Å². The van der Waals surface area contributed by atoms with Crippen molar-refractivity contribution in [2.24, 2.45) is 0 Å².